The summed E-state index contributed by atoms with van der Waals surface area (Å²) in [6.07, 6.45) is 5.07. The Kier molecular flexibility index (Phi) is 8.74. The van der Waals surface area contributed by atoms with Crippen LogP contribution < -0.4 is 16.6 Å². The first-order valence-corrected chi connectivity index (χ1v) is 12.1. The number of nitrogens with zero attached hydrogens (tertiary/aromatic N) is 3. The van der Waals surface area contributed by atoms with E-state index in [1.807, 2.05) is 11.5 Å². The van der Waals surface area contributed by atoms with Crippen LogP contribution in [0.15, 0.2) is 27.8 Å². The highest BCUT2D eigenvalue weighted by Gasteiger charge is 2.19. The summed E-state index contributed by atoms with van der Waals surface area (Å²) in [5.41, 5.74) is 0.339. The van der Waals surface area contributed by atoms with Crippen LogP contribution in [-0.4, -0.2) is 25.0 Å². The number of amides is 1. The van der Waals surface area contributed by atoms with E-state index in [0.717, 1.165) is 32.1 Å². The largest absolute Gasteiger partial charge is 0.330 e. The van der Waals surface area contributed by atoms with Crippen molar-refractivity contribution in [3.63, 3.8) is 0 Å². The molecule has 0 unspecified atom stereocenters. The first kappa shape index (κ1) is 25.1. The van der Waals surface area contributed by atoms with Gasteiger partial charge < -0.3 is 9.88 Å². The summed E-state index contributed by atoms with van der Waals surface area (Å²) in [6.45, 7) is 5.21. The van der Waals surface area contributed by atoms with Crippen LogP contribution in [0.3, 0.4) is 0 Å². The molecular weight excluding hydrogens is 465 g/mol. The number of unbranched alkanes of at least 4 members (excludes halogenated alkanes) is 3. The minimum Gasteiger partial charge on any atom is -0.325 e. The summed E-state index contributed by atoms with van der Waals surface area (Å²) in [5, 5.41) is 3.62. The standard InChI is InChI=1S/C23H29Cl2N5O3/c1-3-5-7-13-29-18(10-11-19(31)26-17-9-8-15(24)14-16(17)25)27-21-20(29)22(32)28-23(33)30(21)12-6-4-2/h8-9,14H,3-7,10-13H2,1-2H3,(H,26,31)(H,28,32,33). The highest BCUT2D eigenvalue weighted by molar-refractivity contribution is 6.36. The van der Waals surface area contributed by atoms with E-state index in [2.05, 4.69) is 22.2 Å². The molecule has 0 spiro atoms. The molecule has 0 radical (unpaired) electrons. The Balaban J connectivity index is 1.90. The van der Waals surface area contributed by atoms with Crippen molar-refractivity contribution in [1.82, 2.24) is 19.1 Å². The van der Waals surface area contributed by atoms with Gasteiger partial charge in [0.2, 0.25) is 5.91 Å². The number of benzene rings is 1. The molecule has 0 aliphatic carbocycles. The van der Waals surface area contributed by atoms with Crippen LogP contribution in [0.2, 0.25) is 10.0 Å². The lowest BCUT2D eigenvalue weighted by molar-refractivity contribution is -0.116. The first-order chi connectivity index (χ1) is 15.8. The average Bonchev–Trinajstić information content (AvgIpc) is 3.13. The number of anilines is 1. The molecule has 8 nitrogen and oxygen atoms in total. The maximum Gasteiger partial charge on any atom is 0.330 e. The molecule has 0 saturated carbocycles. The Morgan fingerprint density at radius 1 is 1.06 bits per heavy atom. The maximum absolute atomic E-state index is 12.7. The molecule has 0 aliphatic heterocycles. The molecule has 0 fully saturated rings. The molecule has 178 valence electrons. The third kappa shape index (κ3) is 6.06. The number of hydrogen-bond acceptors (Lipinski definition) is 4. The van der Waals surface area contributed by atoms with E-state index < -0.39 is 11.2 Å². The van der Waals surface area contributed by atoms with Crippen LogP contribution in [0, 0.1) is 0 Å². The zero-order valence-electron chi connectivity index (χ0n) is 18.9. The highest BCUT2D eigenvalue weighted by atomic mass is 35.5. The molecule has 2 aromatic heterocycles. The number of nitrogens with one attached hydrogen (secondary N) is 2. The Morgan fingerprint density at radius 3 is 2.48 bits per heavy atom. The second kappa shape index (κ2) is 11.5. The number of fused-ring (bicyclic) bond motifs is 1. The van der Waals surface area contributed by atoms with Gasteiger partial charge in [-0.2, -0.15) is 0 Å². The van der Waals surface area contributed by atoms with Gasteiger partial charge >= 0.3 is 5.69 Å². The number of H-pyrrole nitrogens is 1. The quantitative estimate of drug-likeness (QED) is 0.376. The molecule has 10 heteroatoms. The minimum absolute atomic E-state index is 0.146. The molecule has 2 N–H and O–H groups in total. The Bertz CT molecular complexity index is 1250. The van der Waals surface area contributed by atoms with E-state index in [0.29, 0.717) is 52.2 Å². The number of aromatic amines is 1. The number of carbonyl (C=O) groups excluding carboxylic acids is 1. The van der Waals surface area contributed by atoms with Crippen molar-refractivity contribution in [2.24, 2.45) is 0 Å². The SMILES string of the molecule is CCCCCn1c(CCC(=O)Nc2ccc(Cl)cc2Cl)nc2c1c(=O)[nH]c(=O)n2CCCC. The summed E-state index contributed by atoms with van der Waals surface area (Å²) >= 11 is 12.1. The van der Waals surface area contributed by atoms with Gasteiger partial charge in [0.15, 0.2) is 11.2 Å². The number of aryl methyl sites for hydroxylation is 3. The smallest absolute Gasteiger partial charge is 0.325 e. The second-order valence-corrected chi connectivity index (χ2v) is 8.84. The lowest BCUT2D eigenvalue weighted by Crippen LogP contribution is -2.31. The van der Waals surface area contributed by atoms with Gasteiger partial charge in [-0.25, -0.2) is 9.78 Å². The molecule has 33 heavy (non-hydrogen) atoms. The Morgan fingerprint density at radius 2 is 1.79 bits per heavy atom. The predicted molar refractivity (Wildman–Crippen MR) is 132 cm³/mol. The van der Waals surface area contributed by atoms with Gasteiger partial charge in [0, 0.05) is 31.0 Å². The highest BCUT2D eigenvalue weighted by Crippen LogP contribution is 2.25. The molecule has 0 atom stereocenters. The summed E-state index contributed by atoms with van der Waals surface area (Å²) < 4.78 is 3.38. The average molecular weight is 494 g/mol. The van der Waals surface area contributed by atoms with Gasteiger partial charge in [0.25, 0.3) is 5.56 Å². The second-order valence-electron chi connectivity index (χ2n) is 8.00. The van der Waals surface area contributed by atoms with Crippen LogP contribution in [0.1, 0.15) is 58.2 Å². The fraction of sp³-hybridized carbons (Fsp3) is 0.478. The van der Waals surface area contributed by atoms with E-state index in [9.17, 15) is 14.4 Å². The number of rotatable bonds is 11. The van der Waals surface area contributed by atoms with Crippen molar-refractivity contribution in [2.75, 3.05) is 5.32 Å². The van der Waals surface area contributed by atoms with Gasteiger partial charge in [0.05, 0.1) is 10.7 Å². The minimum atomic E-state index is -0.458. The van der Waals surface area contributed by atoms with Crippen molar-refractivity contribution < 1.29 is 4.79 Å². The predicted octanol–water partition coefficient (Wildman–Crippen LogP) is 4.75. The number of hydrogen-bond donors (Lipinski definition) is 2. The number of halogens is 2. The van der Waals surface area contributed by atoms with Gasteiger partial charge in [-0.1, -0.05) is 56.3 Å². The fourth-order valence-corrected chi connectivity index (χ4v) is 4.18. The van der Waals surface area contributed by atoms with Gasteiger partial charge in [-0.05, 0) is 31.0 Å². The number of aromatic nitrogens is 4. The molecular formula is C23H29Cl2N5O3. The van der Waals surface area contributed by atoms with E-state index >= 15 is 0 Å². The van der Waals surface area contributed by atoms with Crippen molar-refractivity contribution >= 4 is 46.0 Å². The fourth-order valence-electron chi connectivity index (χ4n) is 3.72. The molecule has 0 saturated heterocycles. The van der Waals surface area contributed by atoms with Crippen molar-refractivity contribution in [3.8, 4) is 0 Å². The third-order valence-corrected chi connectivity index (χ3v) is 6.01. The van der Waals surface area contributed by atoms with Crippen LogP contribution in [0.5, 0.6) is 0 Å². The van der Waals surface area contributed by atoms with Gasteiger partial charge in [0.1, 0.15) is 5.82 Å². The Labute approximate surface area is 201 Å². The van der Waals surface area contributed by atoms with Crippen LogP contribution in [0.25, 0.3) is 11.2 Å². The molecule has 0 bridgehead atoms. The van der Waals surface area contributed by atoms with Crippen molar-refractivity contribution in [1.29, 1.82) is 0 Å². The van der Waals surface area contributed by atoms with E-state index in [4.69, 9.17) is 23.2 Å². The monoisotopic (exact) mass is 493 g/mol. The van der Waals surface area contributed by atoms with Gasteiger partial charge in [-0.15, -0.1) is 0 Å². The summed E-state index contributed by atoms with van der Waals surface area (Å²) in [5.74, 6) is 0.378. The van der Waals surface area contributed by atoms with Crippen LogP contribution in [-0.2, 0) is 24.3 Å². The van der Waals surface area contributed by atoms with Crippen LogP contribution in [0.4, 0.5) is 5.69 Å². The summed E-state index contributed by atoms with van der Waals surface area (Å²) in [4.78, 5) is 44.8. The topological polar surface area (TPSA) is 102 Å². The summed E-state index contributed by atoms with van der Waals surface area (Å²) in [7, 11) is 0. The van der Waals surface area contributed by atoms with Crippen molar-refractivity contribution in [3.05, 3.63) is 54.9 Å². The number of carbonyl (C=O) groups is 1. The molecule has 2 heterocycles. The lowest BCUT2D eigenvalue weighted by Gasteiger charge is -2.10. The number of imidazole rings is 1. The molecule has 3 aromatic rings. The normalized spacial score (nSPS) is 11.3. The van der Waals surface area contributed by atoms with Crippen LogP contribution >= 0.6 is 23.2 Å². The van der Waals surface area contributed by atoms with Gasteiger partial charge in [-0.3, -0.25) is 19.1 Å². The third-order valence-electron chi connectivity index (χ3n) is 5.47. The molecule has 3 rings (SSSR count). The zero-order valence-corrected chi connectivity index (χ0v) is 20.4. The maximum atomic E-state index is 12.7. The van der Waals surface area contributed by atoms with E-state index in [1.54, 1.807) is 18.2 Å². The summed E-state index contributed by atoms with van der Waals surface area (Å²) in [6, 6.07) is 4.86. The van der Waals surface area contributed by atoms with E-state index in [-0.39, 0.29) is 12.3 Å². The first-order valence-electron chi connectivity index (χ1n) is 11.3. The molecule has 1 aromatic carbocycles. The molecule has 0 aliphatic rings. The van der Waals surface area contributed by atoms with Crippen molar-refractivity contribution in [2.45, 2.75) is 71.9 Å². The Hall–Kier alpha value is -2.58. The molecule has 1 amide bonds. The zero-order chi connectivity index (χ0) is 24.0. The lowest BCUT2D eigenvalue weighted by atomic mass is 10.2. The van der Waals surface area contributed by atoms with E-state index in [1.165, 1.54) is 4.57 Å².